The SMILES string of the molecule is O=C1CCOC(c2c(Br)ccc(F)c2F)C1. The Labute approximate surface area is 99.7 Å². The van der Waals surface area contributed by atoms with Gasteiger partial charge >= 0.3 is 0 Å². The molecule has 1 atom stereocenters. The Kier molecular flexibility index (Phi) is 3.35. The summed E-state index contributed by atoms with van der Waals surface area (Å²) in [7, 11) is 0. The van der Waals surface area contributed by atoms with Crippen molar-refractivity contribution in [3.63, 3.8) is 0 Å². The molecule has 5 heteroatoms. The quantitative estimate of drug-likeness (QED) is 0.743. The molecular formula is C11H9BrF2O2. The van der Waals surface area contributed by atoms with E-state index in [0.29, 0.717) is 10.9 Å². The van der Waals surface area contributed by atoms with E-state index in [9.17, 15) is 13.6 Å². The van der Waals surface area contributed by atoms with Crippen molar-refractivity contribution in [1.29, 1.82) is 0 Å². The molecule has 0 bridgehead atoms. The molecule has 1 aromatic carbocycles. The maximum Gasteiger partial charge on any atom is 0.165 e. The average molecular weight is 291 g/mol. The van der Waals surface area contributed by atoms with Gasteiger partial charge in [-0.05, 0) is 12.1 Å². The van der Waals surface area contributed by atoms with Gasteiger partial charge in [-0.3, -0.25) is 4.79 Å². The van der Waals surface area contributed by atoms with Gasteiger partial charge in [0.05, 0.1) is 12.7 Å². The van der Waals surface area contributed by atoms with Crippen molar-refractivity contribution in [2.75, 3.05) is 6.61 Å². The third kappa shape index (κ3) is 2.15. The number of carbonyl (C=O) groups excluding carboxylic acids is 1. The Morgan fingerprint density at radius 1 is 1.38 bits per heavy atom. The number of ketones is 1. The Morgan fingerprint density at radius 2 is 2.12 bits per heavy atom. The Morgan fingerprint density at radius 3 is 2.81 bits per heavy atom. The molecule has 0 amide bonds. The summed E-state index contributed by atoms with van der Waals surface area (Å²) < 4.78 is 32.4. The van der Waals surface area contributed by atoms with Gasteiger partial charge in [0, 0.05) is 22.9 Å². The van der Waals surface area contributed by atoms with E-state index in [2.05, 4.69) is 15.9 Å². The van der Waals surface area contributed by atoms with E-state index in [0.717, 1.165) is 6.07 Å². The van der Waals surface area contributed by atoms with E-state index in [4.69, 9.17) is 4.74 Å². The average Bonchev–Trinajstić information content (AvgIpc) is 2.24. The van der Waals surface area contributed by atoms with E-state index in [1.54, 1.807) is 0 Å². The fraction of sp³-hybridized carbons (Fsp3) is 0.364. The molecule has 1 fully saturated rings. The zero-order valence-corrected chi connectivity index (χ0v) is 9.89. The molecular weight excluding hydrogens is 282 g/mol. The lowest BCUT2D eigenvalue weighted by molar-refractivity contribution is -0.128. The van der Waals surface area contributed by atoms with Crippen molar-refractivity contribution < 1.29 is 18.3 Å². The van der Waals surface area contributed by atoms with Gasteiger partial charge in [0.25, 0.3) is 0 Å². The maximum atomic E-state index is 13.6. The fourth-order valence-corrected chi connectivity index (χ4v) is 2.27. The van der Waals surface area contributed by atoms with Crippen LogP contribution in [-0.2, 0) is 9.53 Å². The molecule has 1 aliphatic heterocycles. The van der Waals surface area contributed by atoms with Crippen LogP contribution in [0, 0.1) is 11.6 Å². The van der Waals surface area contributed by atoms with Crippen LogP contribution in [-0.4, -0.2) is 12.4 Å². The molecule has 0 spiro atoms. The second-order valence-corrected chi connectivity index (χ2v) is 4.46. The highest BCUT2D eigenvalue weighted by Crippen LogP contribution is 2.34. The normalized spacial score (nSPS) is 21.2. The minimum atomic E-state index is -0.950. The van der Waals surface area contributed by atoms with E-state index in [1.165, 1.54) is 6.07 Å². The lowest BCUT2D eigenvalue weighted by Gasteiger charge is -2.23. The molecule has 0 aromatic heterocycles. The lowest BCUT2D eigenvalue weighted by atomic mass is 10.00. The summed E-state index contributed by atoms with van der Waals surface area (Å²) in [6.45, 7) is 0.256. The van der Waals surface area contributed by atoms with Gasteiger partial charge in [-0.1, -0.05) is 15.9 Å². The summed E-state index contributed by atoms with van der Waals surface area (Å²) in [5.74, 6) is -1.87. The van der Waals surface area contributed by atoms with Crippen LogP contribution in [0.5, 0.6) is 0 Å². The lowest BCUT2D eigenvalue weighted by Crippen LogP contribution is -2.21. The number of ether oxygens (including phenoxy) is 1. The Bertz CT molecular complexity index is 434. The van der Waals surface area contributed by atoms with Crippen molar-refractivity contribution in [3.8, 4) is 0 Å². The number of hydrogen-bond donors (Lipinski definition) is 0. The van der Waals surface area contributed by atoms with Crippen LogP contribution in [0.4, 0.5) is 8.78 Å². The number of carbonyl (C=O) groups is 1. The van der Waals surface area contributed by atoms with Gasteiger partial charge in [-0.2, -0.15) is 0 Å². The predicted molar refractivity (Wildman–Crippen MR) is 57.0 cm³/mol. The molecule has 0 N–H and O–H groups in total. The van der Waals surface area contributed by atoms with Gasteiger partial charge in [-0.25, -0.2) is 8.78 Å². The van der Waals surface area contributed by atoms with Crippen LogP contribution in [0.15, 0.2) is 16.6 Å². The number of benzene rings is 1. The van der Waals surface area contributed by atoms with Gasteiger partial charge in [0.15, 0.2) is 11.6 Å². The summed E-state index contributed by atoms with van der Waals surface area (Å²) >= 11 is 3.14. The van der Waals surface area contributed by atoms with Crippen molar-refractivity contribution in [2.45, 2.75) is 18.9 Å². The molecule has 0 radical (unpaired) electrons. The van der Waals surface area contributed by atoms with Crippen molar-refractivity contribution in [1.82, 2.24) is 0 Å². The van der Waals surface area contributed by atoms with Crippen molar-refractivity contribution in [2.24, 2.45) is 0 Å². The molecule has 1 saturated heterocycles. The van der Waals surface area contributed by atoms with E-state index < -0.39 is 17.7 Å². The van der Waals surface area contributed by atoms with E-state index >= 15 is 0 Å². The first kappa shape index (κ1) is 11.7. The molecule has 0 saturated carbocycles. The highest BCUT2D eigenvalue weighted by Gasteiger charge is 2.27. The smallest absolute Gasteiger partial charge is 0.165 e. The number of hydrogen-bond acceptors (Lipinski definition) is 2. The van der Waals surface area contributed by atoms with Gasteiger partial charge in [0.2, 0.25) is 0 Å². The van der Waals surface area contributed by atoms with Crippen LogP contribution in [0.25, 0.3) is 0 Å². The second kappa shape index (κ2) is 4.59. The molecule has 86 valence electrons. The largest absolute Gasteiger partial charge is 0.372 e. The summed E-state index contributed by atoms with van der Waals surface area (Å²) in [5, 5.41) is 0. The molecule has 1 heterocycles. The van der Waals surface area contributed by atoms with Gasteiger partial charge < -0.3 is 4.74 Å². The van der Waals surface area contributed by atoms with Crippen LogP contribution in [0.3, 0.4) is 0 Å². The first-order chi connectivity index (χ1) is 7.59. The molecule has 1 aliphatic rings. The first-order valence-corrected chi connectivity index (χ1v) is 5.65. The van der Waals surface area contributed by atoms with Crippen LogP contribution in [0.2, 0.25) is 0 Å². The predicted octanol–water partition coefficient (Wildman–Crippen LogP) is 3.15. The number of rotatable bonds is 1. The van der Waals surface area contributed by atoms with E-state index in [-0.39, 0.29) is 24.4 Å². The minimum absolute atomic E-state index is 0.00631. The standard InChI is InChI=1S/C11H9BrF2O2/c12-7-1-2-8(13)11(14)10(7)9-5-6(15)3-4-16-9/h1-2,9H,3-5H2. The number of halogens is 3. The summed E-state index contributed by atoms with van der Waals surface area (Å²) in [6, 6.07) is 2.45. The van der Waals surface area contributed by atoms with Crippen LogP contribution < -0.4 is 0 Å². The van der Waals surface area contributed by atoms with Crippen molar-refractivity contribution in [3.05, 3.63) is 33.8 Å². The maximum absolute atomic E-state index is 13.6. The third-order valence-corrected chi connectivity index (χ3v) is 3.21. The van der Waals surface area contributed by atoms with Gasteiger partial charge in [0.1, 0.15) is 5.78 Å². The molecule has 1 aromatic rings. The molecule has 1 unspecified atom stereocenters. The minimum Gasteiger partial charge on any atom is -0.372 e. The molecule has 2 nitrogen and oxygen atoms in total. The fourth-order valence-electron chi connectivity index (χ4n) is 1.71. The Hall–Kier alpha value is -0.810. The molecule has 2 rings (SSSR count). The van der Waals surface area contributed by atoms with Gasteiger partial charge in [-0.15, -0.1) is 0 Å². The van der Waals surface area contributed by atoms with Crippen molar-refractivity contribution >= 4 is 21.7 Å². The third-order valence-electron chi connectivity index (χ3n) is 2.51. The zero-order chi connectivity index (χ0) is 11.7. The molecule has 0 aliphatic carbocycles. The first-order valence-electron chi connectivity index (χ1n) is 4.86. The summed E-state index contributed by atoms with van der Waals surface area (Å²) in [4.78, 5) is 11.2. The number of Topliss-reactive ketones (excluding diaryl/α,β-unsaturated/α-hetero) is 1. The topological polar surface area (TPSA) is 26.3 Å². The van der Waals surface area contributed by atoms with E-state index in [1.807, 2.05) is 0 Å². The zero-order valence-electron chi connectivity index (χ0n) is 8.30. The van der Waals surface area contributed by atoms with Crippen LogP contribution >= 0.6 is 15.9 Å². The van der Waals surface area contributed by atoms with Crippen LogP contribution in [0.1, 0.15) is 24.5 Å². The highest BCUT2D eigenvalue weighted by atomic mass is 79.9. The highest BCUT2D eigenvalue weighted by molar-refractivity contribution is 9.10. The Balaban J connectivity index is 2.39. The monoisotopic (exact) mass is 290 g/mol. The molecule has 16 heavy (non-hydrogen) atoms. The summed E-state index contributed by atoms with van der Waals surface area (Å²) in [5.41, 5.74) is 0.0908. The summed E-state index contributed by atoms with van der Waals surface area (Å²) in [6.07, 6.45) is -0.254. The second-order valence-electron chi connectivity index (χ2n) is 3.61.